The summed E-state index contributed by atoms with van der Waals surface area (Å²) in [6, 6.07) is -2.39. The molecule has 14 nitrogen and oxygen atoms in total. The molecule has 2 saturated carbocycles. The van der Waals surface area contributed by atoms with Crippen LogP contribution < -0.4 is 15.4 Å². The summed E-state index contributed by atoms with van der Waals surface area (Å²) in [6.07, 6.45) is 7.88. The zero-order valence-electron chi connectivity index (χ0n) is 30.7. The quantitative estimate of drug-likeness (QED) is 0.228. The minimum Gasteiger partial charge on any atom is -0.444 e. The summed E-state index contributed by atoms with van der Waals surface area (Å²) in [4.78, 5) is 58.9. The van der Waals surface area contributed by atoms with Gasteiger partial charge in [0.1, 0.15) is 23.2 Å². The molecule has 4 N–H and O–H groups in total. The molecule has 2 saturated heterocycles. The van der Waals surface area contributed by atoms with Crippen LogP contribution in [0, 0.1) is 17.3 Å². The van der Waals surface area contributed by atoms with E-state index in [0.29, 0.717) is 39.0 Å². The monoisotopic (exact) mass is 733 g/mol. The van der Waals surface area contributed by atoms with Gasteiger partial charge in [0.25, 0.3) is 5.91 Å². The molecule has 284 valence electrons. The van der Waals surface area contributed by atoms with Gasteiger partial charge in [-0.05, 0) is 51.9 Å². The second-order valence-electron chi connectivity index (χ2n) is 16.8. The average molecular weight is 734 g/mol. The normalized spacial score (nSPS) is 30.5. The molecule has 0 aromatic rings. The molecule has 15 heteroatoms. The third-order valence-electron chi connectivity index (χ3n) is 10.4. The lowest BCUT2D eigenvalue weighted by molar-refractivity contribution is -0.143. The largest absolute Gasteiger partial charge is 0.444 e. The Kier molecular flexibility index (Phi) is 10.9. The maximum absolute atomic E-state index is 14.6. The minimum absolute atomic E-state index is 0.130. The number of morpholine rings is 1. The first-order valence-electron chi connectivity index (χ1n) is 17.9. The molecular weight excluding hydrogens is 678 g/mol. The van der Waals surface area contributed by atoms with Gasteiger partial charge in [-0.15, -0.1) is 6.58 Å². The van der Waals surface area contributed by atoms with Crippen LogP contribution in [0.3, 0.4) is 0 Å². The topological polar surface area (TPSA) is 184 Å². The zero-order chi connectivity index (χ0) is 37.6. The Bertz CT molecular complexity index is 1570. The number of rotatable bonds is 11. The first kappa shape index (κ1) is 38.9. The highest BCUT2D eigenvalue weighted by Gasteiger charge is 2.63. The summed E-state index contributed by atoms with van der Waals surface area (Å²) >= 11 is 0. The smallest absolute Gasteiger partial charge is 0.408 e. The van der Waals surface area contributed by atoms with Crippen molar-refractivity contribution in [1.29, 1.82) is 0 Å². The number of hydrogen-bond acceptors (Lipinski definition) is 10. The average Bonchev–Trinajstić information content (AvgIpc) is 3.96. The molecule has 2 aliphatic heterocycles. The van der Waals surface area contributed by atoms with Crippen molar-refractivity contribution < 1.29 is 42.2 Å². The predicted octanol–water partition coefficient (Wildman–Crippen LogP) is 1.76. The third kappa shape index (κ3) is 9.03. The van der Waals surface area contributed by atoms with Crippen LogP contribution in [0.2, 0.25) is 0 Å². The lowest BCUT2D eigenvalue weighted by atomic mass is 9.78. The number of carbonyl (C=O) groups excluding carboxylic acids is 4. The van der Waals surface area contributed by atoms with Crippen molar-refractivity contribution >= 4 is 33.8 Å². The number of allylic oxidation sites excluding steroid dienone is 2. The van der Waals surface area contributed by atoms with Gasteiger partial charge >= 0.3 is 6.09 Å². The van der Waals surface area contributed by atoms with Crippen LogP contribution in [0.4, 0.5) is 4.79 Å². The van der Waals surface area contributed by atoms with Crippen LogP contribution in [-0.2, 0) is 33.9 Å². The van der Waals surface area contributed by atoms with Crippen LogP contribution in [0.1, 0.15) is 73.6 Å². The van der Waals surface area contributed by atoms with E-state index in [1.54, 1.807) is 41.5 Å². The molecule has 0 aromatic heterocycles. The number of likely N-dealkylation sites (tertiary alicyclic amines) is 1. The van der Waals surface area contributed by atoms with E-state index in [9.17, 15) is 32.7 Å². The summed E-state index contributed by atoms with van der Waals surface area (Å²) in [5, 5.41) is 17.2. The van der Waals surface area contributed by atoms with Gasteiger partial charge in [-0.2, -0.15) is 0 Å². The summed E-state index contributed by atoms with van der Waals surface area (Å²) in [7, 11) is -3.91. The highest BCUT2D eigenvalue weighted by molar-refractivity contribution is 7.91. The fraction of sp³-hybridized carbons (Fsp3) is 0.722. The molecule has 5 rings (SSSR count). The van der Waals surface area contributed by atoms with E-state index in [1.165, 1.54) is 11.0 Å². The van der Waals surface area contributed by atoms with Gasteiger partial charge in [0.15, 0.2) is 0 Å². The van der Waals surface area contributed by atoms with Crippen LogP contribution in [-0.4, -0.2) is 121 Å². The van der Waals surface area contributed by atoms with Crippen molar-refractivity contribution in [2.75, 3.05) is 39.4 Å². The molecule has 0 radical (unpaired) electrons. The molecular formula is C36H55N5O9S. The number of hydrogen-bond donors (Lipinski definition) is 4. The van der Waals surface area contributed by atoms with E-state index in [1.807, 2.05) is 18.2 Å². The SMILES string of the molecule is C=C[C@@H]1C[C@]1(NC(=O)[C@@H]1C[C@@](O)(C2C=CC=C(CN3CCOCC3)C2)CN1C(=O)[C@@H](NC(=O)OC(C)(C)C)C(C)(C)C)C(=O)NS(=O)(=O)C1CC1. The van der Waals surface area contributed by atoms with Gasteiger partial charge in [0, 0.05) is 37.9 Å². The van der Waals surface area contributed by atoms with Crippen LogP contribution in [0.5, 0.6) is 0 Å². The van der Waals surface area contributed by atoms with Gasteiger partial charge in [-0.1, -0.05) is 50.6 Å². The van der Waals surface area contributed by atoms with Crippen molar-refractivity contribution in [2.24, 2.45) is 17.3 Å². The van der Waals surface area contributed by atoms with Crippen molar-refractivity contribution in [3.8, 4) is 0 Å². The van der Waals surface area contributed by atoms with Gasteiger partial charge < -0.3 is 30.1 Å². The molecule has 0 spiro atoms. The Hall–Kier alpha value is -3.27. The lowest BCUT2D eigenvalue weighted by Crippen LogP contribution is -2.60. The Morgan fingerprint density at radius 3 is 2.35 bits per heavy atom. The Morgan fingerprint density at radius 2 is 1.78 bits per heavy atom. The lowest BCUT2D eigenvalue weighted by Gasteiger charge is -2.37. The fourth-order valence-corrected chi connectivity index (χ4v) is 8.55. The van der Waals surface area contributed by atoms with Crippen molar-refractivity contribution in [3.63, 3.8) is 0 Å². The molecule has 5 aliphatic rings. The second kappa shape index (κ2) is 14.3. The zero-order valence-corrected chi connectivity index (χ0v) is 31.5. The molecule has 4 amide bonds. The number of carbonyl (C=O) groups is 4. The van der Waals surface area contributed by atoms with Crippen molar-refractivity contribution in [1.82, 2.24) is 25.2 Å². The molecule has 51 heavy (non-hydrogen) atoms. The van der Waals surface area contributed by atoms with Gasteiger partial charge in [0.05, 0.1) is 30.6 Å². The summed E-state index contributed by atoms with van der Waals surface area (Å²) in [5.41, 5.74) is -3.69. The van der Waals surface area contributed by atoms with E-state index in [0.717, 1.165) is 18.7 Å². The Morgan fingerprint density at radius 1 is 1.12 bits per heavy atom. The van der Waals surface area contributed by atoms with Gasteiger partial charge in [-0.3, -0.25) is 24.0 Å². The molecule has 6 atom stereocenters. The molecule has 1 unspecified atom stereocenters. The molecule has 2 heterocycles. The predicted molar refractivity (Wildman–Crippen MR) is 190 cm³/mol. The standard InChI is InChI=1S/C36H55N5O9S/c1-8-24-19-36(24,31(44)39-51(47,48)26-12-13-26)38-29(42)27-20-35(46,25-11-9-10-23(18-25)21-40-14-16-49-17-15-40)22-41(27)30(43)28(33(2,3)4)37-32(45)50-34(5,6)7/h8-11,24-28,46H,1,12-22H2,2-7H3,(H,37,45)(H,38,42)(H,39,44)/t24-,25?,27+,28-,35+,36-/m1/s1. The second-order valence-corrected chi connectivity index (χ2v) is 18.8. The molecule has 3 aliphatic carbocycles. The number of nitrogens with zero attached hydrogens (tertiary/aromatic N) is 2. The molecule has 0 aromatic carbocycles. The number of alkyl carbamates (subject to hydrolysis) is 1. The van der Waals surface area contributed by atoms with Crippen LogP contribution in [0.15, 0.2) is 36.5 Å². The number of nitrogens with one attached hydrogen (secondary N) is 3. The van der Waals surface area contributed by atoms with E-state index in [2.05, 4.69) is 26.8 Å². The first-order chi connectivity index (χ1) is 23.7. The van der Waals surface area contributed by atoms with Gasteiger partial charge in [0.2, 0.25) is 21.8 Å². The first-order valence-corrected chi connectivity index (χ1v) is 19.4. The maximum Gasteiger partial charge on any atom is 0.408 e. The highest BCUT2D eigenvalue weighted by atomic mass is 32.2. The molecule has 0 bridgehead atoms. The number of sulfonamides is 1. The Labute approximate surface area is 301 Å². The number of amides is 4. The van der Waals surface area contributed by atoms with Crippen LogP contribution in [0.25, 0.3) is 0 Å². The minimum atomic E-state index is -3.91. The fourth-order valence-electron chi connectivity index (χ4n) is 7.19. The van der Waals surface area contributed by atoms with Crippen molar-refractivity contribution in [3.05, 3.63) is 36.5 Å². The Balaban J connectivity index is 1.42. The van der Waals surface area contributed by atoms with E-state index in [4.69, 9.17) is 9.47 Å². The van der Waals surface area contributed by atoms with Gasteiger partial charge in [-0.25, -0.2) is 13.2 Å². The maximum atomic E-state index is 14.6. The third-order valence-corrected chi connectivity index (χ3v) is 12.2. The summed E-state index contributed by atoms with van der Waals surface area (Å²) < 4.78 is 38.5. The van der Waals surface area contributed by atoms with Crippen molar-refractivity contribution in [2.45, 2.75) is 108 Å². The van der Waals surface area contributed by atoms with E-state index >= 15 is 0 Å². The number of ether oxygens (including phenoxy) is 2. The summed E-state index contributed by atoms with van der Waals surface area (Å²) in [5.74, 6) is -3.14. The number of β-amino-alcohol motifs (C(OH)–C–C–N with tert-alkyl or cyclic N) is 1. The number of aliphatic hydroxyl groups is 1. The van der Waals surface area contributed by atoms with E-state index < -0.39 is 85.2 Å². The summed E-state index contributed by atoms with van der Waals surface area (Å²) in [6.45, 7) is 17.6. The van der Waals surface area contributed by atoms with E-state index in [-0.39, 0.29) is 19.4 Å². The highest BCUT2D eigenvalue weighted by Crippen LogP contribution is 2.46. The van der Waals surface area contributed by atoms with Crippen LogP contribution >= 0.6 is 0 Å². The molecule has 4 fully saturated rings.